The van der Waals surface area contributed by atoms with Crippen molar-refractivity contribution in [3.8, 4) is 0 Å². The fourth-order valence-corrected chi connectivity index (χ4v) is 2.94. The van der Waals surface area contributed by atoms with Crippen molar-refractivity contribution >= 4 is 28.7 Å². The van der Waals surface area contributed by atoms with Crippen molar-refractivity contribution in [3.05, 3.63) is 78.1 Å². The molecule has 0 aliphatic heterocycles. The summed E-state index contributed by atoms with van der Waals surface area (Å²) in [6.07, 6.45) is 4.87. The van der Waals surface area contributed by atoms with Crippen LogP contribution in [0.1, 0.15) is 37.3 Å². The Morgan fingerprint density at radius 2 is 1.73 bits per heavy atom. The van der Waals surface area contributed by atoms with Crippen molar-refractivity contribution in [2.24, 2.45) is 0 Å². The Morgan fingerprint density at radius 3 is 2.42 bits per heavy atom. The van der Waals surface area contributed by atoms with E-state index < -0.39 is 0 Å². The lowest BCUT2D eigenvalue weighted by Gasteiger charge is -2.12. The molecular formula is C21H24N4S. The van der Waals surface area contributed by atoms with Gasteiger partial charge in [-0.05, 0) is 47.8 Å². The summed E-state index contributed by atoms with van der Waals surface area (Å²) < 4.78 is 1.89. The van der Waals surface area contributed by atoms with Crippen molar-refractivity contribution < 1.29 is 0 Å². The molecule has 0 saturated heterocycles. The SMILES string of the molecule is CCC(C)c1ccc(NC(=S)Nc2cnn(Cc3ccccc3)c2)cc1. The maximum Gasteiger partial charge on any atom is 0.175 e. The number of aromatic nitrogens is 2. The van der Waals surface area contributed by atoms with Crippen LogP contribution in [-0.2, 0) is 6.54 Å². The van der Waals surface area contributed by atoms with E-state index in [1.807, 2.05) is 29.1 Å². The monoisotopic (exact) mass is 364 g/mol. The normalized spacial score (nSPS) is 11.8. The first-order valence-electron chi connectivity index (χ1n) is 8.88. The largest absolute Gasteiger partial charge is 0.332 e. The van der Waals surface area contributed by atoms with Gasteiger partial charge in [0.25, 0.3) is 0 Å². The van der Waals surface area contributed by atoms with Gasteiger partial charge < -0.3 is 10.6 Å². The molecule has 0 radical (unpaired) electrons. The Kier molecular flexibility index (Phi) is 6.02. The Bertz CT molecular complexity index is 840. The third kappa shape index (κ3) is 4.92. The smallest absolute Gasteiger partial charge is 0.175 e. The number of nitrogens with one attached hydrogen (secondary N) is 2. The third-order valence-corrected chi connectivity index (χ3v) is 4.63. The van der Waals surface area contributed by atoms with Gasteiger partial charge in [-0.1, -0.05) is 56.3 Å². The molecule has 5 heteroatoms. The molecule has 3 rings (SSSR count). The van der Waals surface area contributed by atoms with Crippen LogP contribution in [0.2, 0.25) is 0 Å². The highest BCUT2D eigenvalue weighted by Gasteiger charge is 2.05. The molecule has 0 amide bonds. The number of nitrogens with zero attached hydrogens (tertiary/aromatic N) is 2. The van der Waals surface area contributed by atoms with E-state index in [0.29, 0.717) is 11.0 Å². The second kappa shape index (κ2) is 8.63. The summed E-state index contributed by atoms with van der Waals surface area (Å²) >= 11 is 5.40. The molecule has 2 aromatic carbocycles. The summed E-state index contributed by atoms with van der Waals surface area (Å²) in [5, 5.41) is 11.3. The van der Waals surface area contributed by atoms with E-state index in [1.54, 1.807) is 6.20 Å². The Hall–Kier alpha value is -2.66. The van der Waals surface area contributed by atoms with Gasteiger partial charge in [0.15, 0.2) is 5.11 Å². The summed E-state index contributed by atoms with van der Waals surface area (Å²) in [4.78, 5) is 0. The summed E-state index contributed by atoms with van der Waals surface area (Å²) in [6, 6.07) is 18.7. The number of hydrogen-bond donors (Lipinski definition) is 2. The third-order valence-electron chi connectivity index (χ3n) is 4.43. The second-order valence-corrected chi connectivity index (χ2v) is 6.83. The zero-order valence-electron chi connectivity index (χ0n) is 15.1. The highest BCUT2D eigenvalue weighted by molar-refractivity contribution is 7.80. The van der Waals surface area contributed by atoms with Crippen molar-refractivity contribution in [1.29, 1.82) is 0 Å². The molecule has 4 nitrogen and oxygen atoms in total. The molecule has 0 spiro atoms. The molecule has 3 aromatic rings. The Labute approximate surface area is 160 Å². The van der Waals surface area contributed by atoms with Gasteiger partial charge >= 0.3 is 0 Å². The first-order valence-corrected chi connectivity index (χ1v) is 9.29. The standard InChI is InChI=1S/C21H24N4S/c1-3-16(2)18-9-11-19(12-10-18)23-21(26)24-20-13-22-25(15-20)14-17-7-5-4-6-8-17/h4-13,15-16H,3,14H2,1-2H3,(H2,23,24,26). The van der Waals surface area contributed by atoms with Crippen LogP contribution < -0.4 is 10.6 Å². The molecule has 2 N–H and O–H groups in total. The minimum atomic E-state index is 0.556. The fourth-order valence-electron chi connectivity index (χ4n) is 2.71. The van der Waals surface area contributed by atoms with Crippen LogP contribution in [-0.4, -0.2) is 14.9 Å². The molecule has 0 bridgehead atoms. The minimum Gasteiger partial charge on any atom is -0.332 e. The van der Waals surface area contributed by atoms with Gasteiger partial charge in [-0.25, -0.2) is 0 Å². The van der Waals surface area contributed by atoms with Gasteiger partial charge in [-0.3, -0.25) is 4.68 Å². The first-order chi connectivity index (χ1) is 12.6. The van der Waals surface area contributed by atoms with Gasteiger partial charge in [0.05, 0.1) is 18.4 Å². The summed E-state index contributed by atoms with van der Waals surface area (Å²) in [5.74, 6) is 0.574. The van der Waals surface area contributed by atoms with Crippen LogP contribution in [0.5, 0.6) is 0 Å². The lowest BCUT2D eigenvalue weighted by molar-refractivity contribution is 0.687. The van der Waals surface area contributed by atoms with Crippen LogP contribution in [0.3, 0.4) is 0 Å². The number of benzene rings is 2. The zero-order valence-corrected chi connectivity index (χ0v) is 16.0. The summed E-state index contributed by atoms with van der Waals surface area (Å²) in [6.45, 7) is 5.18. The molecule has 1 unspecified atom stereocenters. The van der Waals surface area contributed by atoms with Gasteiger partial charge in [-0.15, -0.1) is 0 Å². The quantitative estimate of drug-likeness (QED) is 0.586. The molecule has 26 heavy (non-hydrogen) atoms. The molecule has 134 valence electrons. The molecule has 0 aliphatic carbocycles. The van der Waals surface area contributed by atoms with Gasteiger partial charge in [0.1, 0.15) is 0 Å². The molecular weight excluding hydrogens is 340 g/mol. The van der Waals surface area contributed by atoms with Crippen molar-refractivity contribution in [2.75, 3.05) is 10.6 Å². The van der Waals surface area contributed by atoms with Crippen LogP contribution in [0.4, 0.5) is 11.4 Å². The maximum atomic E-state index is 5.40. The maximum absolute atomic E-state index is 5.40. The van der Waals surface area contributed by atoms with Crippen LogP contribution in [0.15, 0.2) is 67.0 Å². The Morgan fingerprint density at radius 1 is 1.04 bits per heavy atom. The number of anilines is 2. The highest BCUT2D eigenvalue weighted by atomic mass is 32.1. The molecule has 1 atom stereocenters. The van der Waals surface area contributed by atoms with E-state index in [9.17, 15) is 0 Å². The van der Waals surface area contributed by atoms with E-state index in [2.05, 4.69) is 66.0 Å². The zero-order chi connectivity index (χ0) is 18.4. The fraction of sp³-hybridized carbons (Fsp3) is 0.238. The predicted molar refractivity (Wildman–Crippen MR) is 113 cm³/mol. The molecule has 0 aliphatic rings. The topological polar surface area (TPSA) is 41.9 Å². The summed E-state index contributed by atoms with van der Waals surface area (Å²) in [7, 11) is 0. The van der Waals surface area contributed by atoms with Crippen molar-refractivity contribution in [2.45, 2.75) is 32.7 Å². The number of hydrogen-bond acceptors (Lipinski definition) is 2. The van der Waals surface area contributed by atoms with Crippen LogP contribution >= 0.6 is 12.2 Å². The number of thiocarbonyl (C=S) groups is 1. The van der Waals surface area contributed by atoms with E-state index in [1.165, 1.54) is 11.1 Å². The summed E-state index contributed by atoms with van der Waals surface area (Å²) in [5.41, 5.74) is 4.41. The lowest BCUT2D eigenvalue weighted by atomic mass is 9.99. The van der Waals surface area contributed by atoms with E-state index in [-0.39, 0.29) is 0 Å². The second-order valence-electron chi connectivity index (χ2n) is 6.42. The van der Waals surface area contributed by atoms with Gasteiger partial charge in [-0.2, -0.15) is 5.10 Å². The van der Waals surface area contributed by atoms with Gasteiger partial charge in [0.2, 0.25) is 0 Å². The van der Waals surface area contributed by atoms with Crippen LogP contribution in [0.25, 0.3) is 0 Å². The van der Waals surface area contributed by atoms with Crippen LogP contribution in [0, 0.1) is 0 Å². The van der Waals surface area contributed by atoms with Gasteiger partial charge in [0, 0.05) is 11.9 Å². The van der Waals surface area contributed by atoms with Crippen molar-refractivity contribution in [3.63, 3.8) is 0 Å². The van der Waals surface area contributed by atoms with Crippen molar-refractivity contribution in [1.82, 2.24) is 9.78 Å². The van der Waals surface area contributed by atoms with E-state index in [0.717, 1.165) is 24.3 Å². The average molecular weight is 365 g/mol. The average Bonchev–Trinajstić information content (AvgIpc) is 3.09. The molecule has 0 saturated carbocycles. The van der Waals surface area contributed by atoms with E-state index in [4.69, 9.17) is 12.2 Å². The Balaban J connectivity index is 1.55. The minimum absolute atomic E-state index is 0.556. The highest BCUT2D eigenvalue weighted by Crippen LogP contribution is 2.20. The molecule has 1 aromatic heterocycles. The van der Waals surface area contributed by atoms with E-state index >= 15 is 0 Å². The number of rotatable bonds is 6. The molecule has 1 heterocycles. The first kappa shape index (κ1) is 18.1. The molecule has 0 fully saturated rings. The lowest BCUT2D eigenvalue weighted by Crippen LogP contribution is -2.18. The predicted octanol–water partition coefficient (Wildman–Crippen LogP) is 5.25.